The lowest BCUT2D eigenvalue weighted by Gasteiger charge is -2.06. The van der Waals surface area contributed by atoms with Crippen molar-refractivity contribution in [3.8, 4) is 12.0 Å². The number of nitrogens with one attached hydrogen (secondary N) is 1. The van der Waals surface area contributed by atoms with Crippen LogP contribution in [0.1, 0.15) is 5.56 Å². The molecule has 0 spiro atoms. The molecule has 0 unspecified atom stereocenters. The Morgan fingerprint density at radius 2 is 2.27 bits per heavy atom. The molecule has 1 aromatic carbocycles. The molecular weight excluding hydrogens is 196 g/mol. The molecule has 0 saturated heterocycles. The molecule has 1 N–H and O–H groups in total. The molecule has 1 rings (SSSR count). The van der Waals surface area contributed by atoms with Crippen LogP contribution in [0, 0.1) is 18.4 Å². The van der Waals surface area contributed by atoms with E-state index in [1.165, 1.54) is 7.11 Å². The van der Waals surface area contributed by atoms with Crippen molar-refractivity contribution in [2.75, 3.05) is 12.4 Å². The Labute approximate surface area is 87.2 Å². The molecular formula is C10H10N2O3. The molecule has 5 nitrogen and oxygen atoms in total. The number of amides is 1. The van der Waals surface area contributed by atoms with Gasteiger partial charge in [0, 0.05) is 11.8 Å². The van der Waals surface area contributed by atoms with E-state index in [1.807, 2.05) is 0 Å². The maximum atomic E-state index is 10.9. The van der Waals surface area contributed by atoms with Crippen molar-refractivity contribution in [1.29, 1.82) is 5.26 Å². The van der Waals surface area contributed by atoms with Gasteiger partial charge in [-0.3, -0.25) is 5.32 Å². The topological polar surface area (TPSA) is 71.3 Å². The number of aryl methyl sites for hydroxylation is 1. The summed E-state index contributed by atoms with van der Waals surface area (Å²) in [5.41, 5.74) is 1.32. The fourth-order valence-electron chi connectivity index (χ4n) is 1.01. The number of carbonyl (C=O) groups excluding carboxylic acids is 1. The molecule has 0 fully saturated rings. The fourth-order valence-corrected chi connectivity index (χ4v) is 1.01. The highest BCUT2D eigenvalue weighted by Gasteiger charge is 2.04. The van der Waals surface area contributed by atoms with Gasteiger partial charge in [-0.15, -0.1) is 5.26 Å². The number of nitriles is 1. The molecule has 78 valence electrons. The number of nitrogens with zero attached hydrogens (tertiary/aromatic N) is 1. The van der Waals surface area contributed by atoms with Crippen LogP contribution in [-0.4, -0.2) is 13.2 Å². The van der Waals surface area contributed by atoms with Crippen molar-refractivity contribution in [2.24, 2.45) is 0 Å². The van der Waals surface area contributed by atoms with Gasteiger partial charge in [-0.1, -0.05) is 6.07 Å². The van der Waals surface area contributed by atoms with Gasteiger partial charge in [0.2, 0.25) is 0 Å². The van der Waals surface area contributed by atoms with Gasteiger partial charge in [-0.25, -0.2) is 4.79 Å². The smallest absolute Gasteiger partial charge is 0.411 e. The standard InChI is InChI=1S/C10H10N2O3/c1-7-3-4-8(12-10(13)14-2)5-9(7)15-6-11/h3-5H,1-2H3,(H,12,13). The highest BCUT2D eigenvalue weighted by molar-refractivity contribution is 5.84. The highest BCUT2D eigenvalue weighted by Crippen LogP contribution is 2.22. The number of benzene rings is 1. The largest absolute Gasteiger partial charge is 0.453 e. The van der Waals surface area contributed by atoms with Gasteiger partial charge >= 0.3 is 6.09 Å². The Morgan fingerprint density at radius 1 is 1.53 bits per heavy atom. The van der Waals surface area contributed by atoms with E-state index in [2.05, 4.69) is 10.1 Å². The molecule has 0 atom stereocenters. The van der Waals surface area contributed by atoms with Crippen LogP contribution >= 0.6 is 0 Å². The first-order valence-corrected chi connectivity index (χ1v) is 4.19. The SMILES string of the molecule is COC(=O)Nc1ccc(C)c(OC#N)c1. The van der Waals surface area contributed by atoms with Crippen molar-refractivity contribution in [3.63, 3.8) is 0 Å². The Hall–Kier alpha value is -2.22. The molecule has 15 heavy (non-hydrogen) atoms. The van der Waals surface area contributed by atoms with Crippen molar-refractivity contribution in [1.82, 2.24) is 0 Å². The van der Waals surface area contributed by atoms with Crippen molar-refractivity contribution >= 4 is 11.8 Å². The van der Waals surface area contributed by atoms with Crippen LogP contribution in [0.3, 0.4) is 0 Å². The molecule has 0 saturated carbocycles. The summed E-state index contributed by atoms with van der Waals surface area (Å²) < 4.78 is 9.13. The number of hydrogen-bond donors (Lipinski definition) is 1. The lowest BCUT2D eigenvalue weighted by atomic mass is 10.2. The molecule has 0 aromatic heterocycles. The van der Waals surface area contributed by atoms with E-state index in [1.54, 1.807) is 31.4 Å². The van der Waals surface area contributed by atoms with Crippen LogP contribution in [0.15, 0.2) is 18.2 Å². The van der Waals surface area contributed by atoms with Crippen molar-refractivity contribution < 1.29 is 14.3 Å². The third-order valence-corrected chi connectivity index (χ3v) is 1.78. The van der Waals surface area contributed by atoms with Crippen molar-refractivity contribution in [2.45, 2.75) is 6.92 Å². The van der Waals surface area contributed by atoms with Crippen LogP contribution in [0.2, 0.25) is 0 Å². The van der Waals surface area contributed by atoms with E-state index in [0.717, 1.165) is 5.56 Å². The zero-order valence-electron chi connectivity index (χ0n) is 8.40. The van der Waals surface area contributed by atoms with Crippen LogP contribution < -0.4 is 10.1 Å². The molecule has 0 heterocycles. The van der Waals surface area contributed by atoms with Gasteiger partial charge < -0.3 is 9.47 Å². The van der Waals surface area contributed by atoms with E-state index >= 15 is 0 Å². The van der Waals surface area contributed by atoms with Gasteiger partial charge in [-0.2, -0.15) is 0 Å². The Balaban J connectivity index is 2.88. The van der Waals surface area contributed by atoms with E-state index in [-0.39, 0.29) is 0 Å². The average molecular weight is 206 g/mol. The minimum atomic E-state index is -0.568. The Bertz CT molecular complexity index is 410. The summed E-state index contributed by atoms with van der Waals surface area (Å²) in [7, 11) is 1.27. The van der Waals surface area contributed by atoms with E-state index < -0.39 is 6.09 Å². The lowest BCUT2D eigenvalue weighted by molar-refractivity contribution is 0.187. The van der Waals surface area contributed by atoms with Gasteiger partial charge in [0.1, 0.15) is 5.75 Å². The van der Waals surface area contributed by atoms with Crippen LogP contribution in [-0.2, 0) is 4.74 Å². The molecule has 0 aliphatic carbocycles. The molecule has 5 heteroatoms. The zero-order valence-corrected chi connectivity index (χ0v) is 8.40. The molecule has 0 aliphatic rings. The van der Waals surface area contributed by atoms with Gasteiger partial charge in [0.15, 0.2) is 0 Å². The summed E-state index contributed by atoms with van der Waals surface area (Å²) in [5, 5.41) is 10.8. The number of methoxy groups -OCH3 is 1. The maximum absolute atomic E-state index is 10.9. The third kappa shape index (κ3) is 2.88. The first kappa shape index (κ1) is 10.9. The second-order valence-corrected chi connectivity index (χ2v) is 2.79. The first-order chi connectivity index (χ1) is 7.17. The quantitative estimate of drug-likeness (QED) is 0.751. The van der Waals surface area contributed by atoms with Gasteiger partial charge in [0.05, 0.1) is 7.11 Å². The number of ether oxygens (including phenoxy) is 2. The molecule has 1 aromatic rings. The number of carbonyl (C=O) groups is 1. The predicted molar refractivity (Wildman–Crippen MR) is 53.4 cm³/mol. The fraction of sp³-hybridized carbons (Fsp3) is 0.200. The van der Waals surface area contributed by atoms with E-state index in [9.17, 15) is 4.79 Å². The third-order valence-electron chi connectivity index (χ3n) is 1.78. The minimum Gasteiger partial charge on any atom is -0.453 e. The number of hydrogen-bond acceptors (Lipinski definition) is 4. The first-order valence-electron chi connectivity index (χ1n) is 4.19. The van der Waals surface area contributed by atoms with E-state index in [0.29, 0.717) is 11.4 Å². The highest BCUT2D eigenvalue weighted by atomic mass is 16.5. The minimum absolute atomic E-state index is 0.409. The average Bonchev–Trinajstić information content (AvgIpc) is 2.23. The van der Waals surface area contributed by atoms with Crippen LogP contribution in [0.5, 0.6) is 5.75 Å². The van der Waals surface area contributed by atoms with Crippen LogP contribution in [0.4, 0.5) is 10.5 Å². The number of rotatable bonds is 2. The van der Waals surface area contributed by atoms with Gasteiger partial charge in [-0.05, 0) is 18.6 Å². The zero-order chi connectivity index (χ0) is 11.3. The summed E-state index contributed by atoms with van der Waals surface area (Å²) in [6.45, 7) is 1.80. The van der Waals surface area contributed by atoms with Crippen LogP contribution in [0.25, 0.3) is 0 Å². The summed E-state index contributed by atoms with van der Waals surface area (Å²) in [5.74, 6) is 0.409. The van der Waals surface area contributed by atoms with Gasteiger partial charge in [0.25, 0.3) is 6.26 Å². The monoisotopic (exact) mass is 206 g/mol. The maximum Gasteiger partial charge on any atom is 0.411 e. The van der Waals surface area contributed by atoms with Crippen molar-refractivity contribution in [3.05, 3.63) is 23.8 Å². The van der Waals surface area contributed by atoms with E-state index in [4.69, 9.17) is 10.00 Å². The molecule has 0 aliphatic heterocycles. The molecule has 1 amide bonds. The summed E-state index contributed by atoms with van der Waals surface area (Å²) in [6.07, 6.45) is 1.01. The lowest BCUT2D eigenvalue weighted by Crippen LogP contribution is -2.10. The molecule has 0 bridgehead atoms. The number of anilines is 1. The normalized spacial score (nSPS) is 8.87. The summed E-state index contributed by atoms with van der Waals surface area (Å²) >= 11 is 0. The Kier molecular flexibility index (Phi) is 3.52. The predicted octanol–water partition coefficient (Wildman–Crippen LogP) is 2.03. The summed E-state index contributed by atoms with van der Waals surface area (Å²) in [6, 6.07) is 4.98. The molecule has 0 radical (unpaired) electrons. The summed E-state index contributed by atoms with van der Waals surface area (Å²) in [4.78, 5) is 10.9. The second kappa shape index (κ2) is 4.86. The Morgan fingerprint density at radius 3 is 2.87 bits per heavy atom. The second-order valence-electron chi connectivity index (χ2n) is 2.79.